The third-order valence-electron chi connectivity index (χ3n) is 6.09. The Balaban J connectivity index is 0.00000324. The van der Waals surface area contributed by atoms with Crippen LogP contribution in [0.1, 0.15) is 28.4 Å². The number of aromatic nitrogens is 2. The zero-order valence-electron chi connectivity index (χ0n) is 20.7. The van der Waals surface area contributed by atoms with Crippen LogP contribution < -0.4 is 10.2 Å². The van der Waals surface area contributed by atoms with Gasteiger partial charge >= 0.3 is 0 Å². The van der Waals surface area contributed by atoms with Gasteiger partial charge in [0.25, 0.3) is 5.91 Å². The molecule has 4 rings (SSSR count). The van der Waals surface area contributed by atoms with E-state index in [1.54, 1.807) is 0 Å². The van der Waals surface area contributed by atoms with Crippen LogP contribution in [0.4, 0.5) is 5.69 Å². The molecule has 0 radical (unpaired) electrons. The molecule has 0 spiro atoms. The Morgan fingerprint density at radius 2 is 1.57 bits per heavy atom. The lowest BCUT2D eigenvalue weighted by molar-refractivity contribution is 0.0946. The molecule has 1 saturated heterocycles. The first-order valence-electron chi connectivity index (χ1n) is 11.3. The zero-order valence-corrected chi connectivity index (χ0v) is 25.4. The summed E-state index contributed by atoms with van der Waals surface area (Å²) < 4.78 is 2.01. The second-order valence-corrected chi connectivity index (χ2v) is 9.06. The number of aryl methyl sites for hydroxylation is 1. The van der Waals surface area contributed by atoms with Crippen molar-refractivity contribution in [1.29, 1.82) is 0 Å². The van der Waals surface area contributed by atoms with Gasteiger partial charge in [-0.1, -0.05) is 47.5 Å². The van der Waals surface area contributed by atoms with E-state index in [0.717, 1.165) is 62.0 Å². The first-order valence-corrected chi connectivity index (χ1v) is 12.0. The van der Waals surface area contributed by atoms with E-state index in [-0.39, 0.29) is 55.5 Å². The van der Waals surface area contributed by atoms with E-state index in [4.69, 9.17) is 23.2 Å². The molecule has 6 nitrogen and oxygen atoms in total. The zero-order chi connectivity index (χ0) is 23.4. The number of carbonyl (C=O) groups excluding carboxylic acids is 1. The fourth-order valence-electron chi connectivity index (χ4n) is 4.35. The number of para-hydroxylation sites is 1. The summed E-state index contributed by atoms with van der Waals surface area (Å²) in [5.41, 5.74) is 3.35. The Hall–Kier alpha value is -1.38. The third kappa shape index (κ3) is 8.56. The van der Waals surface area contributed by atoms with E-state index in [2.05, 4.69) is 20.1 Å². The van der Waals surface area contributed by atoms with Gasteiger partial charge in [-0.2, -0.15) is 0 Å². The largest absolute Gasteiger partial charge is 0.368 e. The minimum Gasteiger partial charge on any atom is -0.368 e. The van der Waals surface area contributed by atoms with Gasteiger partial charge in [-0.15, -0.1) is 49.6 Å². The van der Waals surface area contributed by atoms with Crippen molar-refractivity contribution < 1.29 is 4.79 Å². The Kier molecular flexibility index (Phi) is 15.9. The number of imidazole rings is 1. The van der Waals surface area contributed by atoms with Crippen molar-refractivity contribution in [3.05, 3.63) is 75.8 Å². The molecule has 206 valence electrons. The predicted octanol–water partition coefficient (Wildman–Crippen LogP) is 6.43. The molecule has 0 bridgehead atoms. The minimum atomic E-state index is -0.120. The fraction of sp³-hybridized carbons (Fsp3) is 0.360. The highest BCUT2D eigenvalue weighted by Crippen LogP contribution is 2.32. The maximum Gasteiger partial charge on any atom is 0.271 e. The minimum absolute atomic E-state index is 0. The average Bonchev–Trinajstić information content (AvgIpc) is 3.13. The molecule has 3 aromatic rings. The van der Waals surface area contributed by atoms with E-state index in [1.165, 1.54) is 0 Å². The molecule has 12 heteroatoms. The molecule has 2 heterocycles. The highest BCUT2D eigenvalue weighted by Gasteiger charge is 2.20. The van der Waals surface area contributed by atoms with Gasteiger partial charge < -0.3 is 14.8 Å². The van der Waals surface area contributed by atoms with E-state index in [1.807, 2.05) is 66.9 Å². The summed E-state index contributed by atoms with van der Waals surface area (Å²) >= 11 is 12.5. The van der Waals surface area contributed by atoms with Crippen LogP contribution in [0.15, 0.2) is 48.5 Å². The number of hydrogen-bond donors (Lipinski definition) is 1. The molecule has 1 amide bonds. The van der Waals surface area contributed by atoms with E-state index >= 15 is 0 Å². The van der Waals surface area contributed by atoms with Gasteiger partial charge in [0.2, 0.25) is 0 Å². The summed E-state index contributed by atoms with van der Waals surface area (Å²) in [4.78, 5) is 22.0. The van der Waals surface area contributed by atoms with Crippen molar-refractivity contribution in [2.45, 2.75) is 20.3 Å². The second-order valence-electron chi connectivity index (χ2n) is 8.28. The van der Waals surface area contributed by atoms with Gasteiger partial charge in [-0.3, -0.25) is 9.69 Å². The topological polar surface area (TPSA) is 53.4 Å². The fourth-order valence-corrected chi connectivity index (χ4v) is 4.77. The van der Waals surface area contributed by atoms with Crippen molar-refractivity contribution in [2.75, 3.05) is 44.2 Å². The van der Waals surface area contributed by atoms with E-state index in [9.17, 15) is 4.79 Å². The van der Waals surface area contributed by atoms with Crippen molar-refractivity contribution in [3.63, 3.8) is 0 Å². The lowest BCUT2D eigenvalue weighted by Gasteiger charge is -2.36. The quantitative estimate of drug-likeness (QED) is 0.306. The molecule has 0 saturated carbocycles. The molecule has 0 unspecified atom stereocenters. The SMILES string of the molecule is Cc1nc(C(=O)NCCCN2CCN(c3cccc(Cl)c3Cl)CC2)c(C)n1-c1ccccc1.Cl.Cl.Cl.Cl. The molecular formula is C25H33Cl6N5O. The Labute approximate surface area is 253 Å². The lowest BCUT2D eigenvalue weighted by atomic mass is 10.2. The summed E-state index contributed by atoms with van der Waals surface area (Å²) in [5.74, 6) is 0.687. The highest BCUT2D eigenvalue weighted by molar-refractivity contribution is 6.43. The molecule has 0 atom stereocenters. The van der Waals surface area contributed by atoms with E-state index < -0.39 is 0 Å². The van der Waals surface area contributed by atoms with Crippen LogP contribution in [0.2, 0.25) is 10.0 Å². The number of piperazine rings is 1. The van der Waals surface area contributed by atoms with Crippen LogP contribution in [-0.4, -0.2) is 59.6 Å². The Morgan fingerprint density at radius 1 is 0.919 bits per heavy atom. The summed E-state index contributed by atoms with van der Waals surface area (Å²) in [6.07, 6.45) is 0.890. The highest BCUT2D eigenvalue weighted by atomic mass is 35.5. The second kappa shape index (κ2) is 16.6. The van der Waals surface area contributed by atoms with Crippen molar-refractivity contribution >= 4 is 84.4 Å². The smallest absolute Gasteiger partial charge is 0.271 e. The van der Waals surface area contributed by atoms with Gasteiger partial charge in [0.05, 0.1) is 21.4 Å². The first-order chi connectivity index (χ1) is 16.0. The van der Waals surface area contributed by atoms with Crippen LogP contribution >= 0.6 is 72.8 Å². The number of nitrogens with zero attached hydrogens (tertiary/aromatic N) is 4. The van der Waals surface area contributed by atoms with Crippen molar-refractivity contribution in [3.8, 4) is 5.69 Å². The maximum absolute atomic E-state index is 12.7. The van der Waals surface area contributed by atoms with Crippen LogP contribution in [0, 0.1) is 13.8 Å². The Morgan fingerprint density at radius 3 is 2.22 bits per heavy atom. The normalized spacial score (nSPS) is 12.9. The lowest BCUT2D eigenvalue weighted by Crippen LogP contribution is -2.47. The molecular weight excluding hydrogens is 599 g/mol. The van der Waals surface area contributed by atoms with Gasteiger partial charge in [0.15, 0.2) is 0 Å². The number of nitrogens with one attached hydrogen (secondary N) is 1. The Bertz CT molecular complexity index is 1120. The van der Waals surface area contributed by atoms with Crippen LogP contribution in [0.25, 0.3) is 5.69 Å². The standard InChI is InChI=1S/C25H29Cl2N5O.4ClH/c1-18-24(29-19(2)32(18)20-8-4-3-5-9-20)25(33)28-12-7-13-30-14-16-31(17-15-30)22-11-6-10-21(26)23(22)27;;;;/h3-6,8-11H,7,12-17H2,1-2H3,(H,28,33);4*1H. The summed E-state index contributed by atoms with van der Waals surface area (Å²) in [6.45, 7) is 9.14. The molecule has 1 N–H and O–H groups in total. The van der Waals surface area contributed by atoms with Crippen molar-refractivity contribution in [1.82, 2.24) is 19.8 Å². The first kappa shape index (κ1) is 35.6. The third-order valence-corrected chi connectivity index (χ3v) is 6.89. The molecule has 1 fully saturated rings. The van der Waals surface area contributed by atoms with Crippen LogP contribution in [0.5, 0.6) is 0 Å². The molecule has 1 aromatic heterocycles. The van der Waals surface area contributed by atoms with Gasteiger partial charge in [-0.05, 0) is 51.1 Å². The van der Waals surface area contributed by atoms with Crippen LogP contribution in [-0.2, 0) is 0 Å². The molecule has 2 aromatic carbocycles. The van der Waals surface area contributed by atoms with Gasteiger partial charge in [-0.25, -0.2) is 4.98 Å². The maximum atomic E-state index is 12.7. The number of rotatable bonds is 7. The molecule has 1 aliphatic rings. The number of carbonyl (C=O) groups is 1. The van der Waals surface area contributed by atoms with Crippen molar-refractivity contribution in [2.24, 2.45) is 0 Å². The average molecular weight is 632 g/mol. The summed E-state index contributed by atoms with van der Waals surface area (Å²) in [6, 6.07) is 15.7. The van der Waals surface area contributed by atoms with E-state index in [0.29, 0.717) is 22.3 Å². The molecule has 1 aliphatic heterocycles. The molecule has 0 aliphatic carbocycles. The van der Waals surface area contributed by atoms with Gasteiger partial charge in [0.1, 0.15) is 11.5 Å². The summed E-state index contributed by atoms with van der Waals surface area (Å²) in [7, 11) is 0. The monoisotopic (exact) mass is 629 g/mol. The van der Waals surface area contributed by atoms with Crippen LogP contribution in [0.3, 0.4) is 0 Å². The number of hydrogen-bond acceptors (Lipinski definition) is 4. The number of anilines is 1. The molecule has 37 heavy (non-hydrogen) atoms. The number of amides is 1. The number of benzene rings is 2. The van der Waals surface area contributed by atoms with Gasteiger partial charge in [0, 0.05) is 38.4 Å². The summed E-state index contributed by atoms with van der Waals surface area (Å²) in [5, 5.41) is 4.25. The predicted molar refractivity (Wildman–Crippen MR) is 164 cm³/mol. The number of halogens is 6.